The van der Waals surface area contributed by atoms with Crippen molar-refractivity contribution in [3.8, 4) is 11.4 Å². The Morgan fingerprint density at radius 3 is 2.62 bits per heavy atom. The standard InChI is InChI=1S/C21H20N6O2/c1-26-11-10-23-20(26)14-6-5-7-15(12-14)24-21(29)17-13-18(19(22)28)27(25-17)16-8-3-2-4-9-16/h2-12,18H,13H2,1H3,(H2,22,28)(H,24,29)/t18-/m1/s1. The molecule has 2 heterocycles. The van der Waals surface area contributed by atoms with E-state index in [1.54, 1.807) is 12.3 Å². The number of para-hydroxylation sites is 1. The van der Waals surface area contributed by atoms with Crippen LogP contribution in [0.25, 0.3) is 11.4 Å². The lowest BCUT2D eigenvalue weighted by Crippen LogP contribution is -2.39. The highest BCUT2D eigenvalue weighted by Crippen LogP contribution is 2.25. The number of rotatable bonds is 5. The molecule has 0 bridgehead atoms. The third-order valence-corrected chi connectivity index (χ3v) is 4.72. The van der Waals surface area contributed by atoms with Crippen molar-refractivity contribution in [1.29, 1.82) is 0 Å². The van der Waals surface area contributed by atoms with Crippen LogP contribution >= 0.6 is 0 Å². The van der Waals surface area contributed by atoms with E-state index in [1.165, 1.54) is 5.01 Å². The Labute approximate surface area is 167 Å². The van der Waals surface area contributed by atoms with Crippen LogP contribution in [0, 0.1) is 0 Å². The first-order valence-corrected chi connectivity index (χ1v) is 9.13. The lowest BCUT2D eigenvalue weighted by molar-refractivity contribution is -0.119. The van der Waals surface area contributed by atoms with Gasteiger partial charge in [-0.2, -0.15) is 5.10 Å². The summed E-state index contributed by atoms with van der Waals surface area (Å²) in [6, 6.07) is 15.9. The van der Waals surface area contributed by atoms with Crippen LogP contribution in [0.15, 0.2) is 72.1 Å². The molecular weight excluding hydrogens is 368 g/mol. The number of nitrogens with one attached hydrogen (secondary N) is 1. The molecule has 146 valence electrons. The second-order valence-electron chi connectivity index (χ2n) is 6.75. The summed E-state index contributed by atoms with van der Waals surface area (Å²) in [5.74, 6) is -0.104. The van der Waals surface area contributed by atoms with Crippen molar-refractivity contribution in [3.63, 3.8) is 0 Å². The van der Waals surface area contributed by atoms with Crippen LogP contribution in [0.2, 0.25) is 0 Å². The molecule has 3 aromatic rings. The predicted molar refractivity (Wildman–Crippen MR) is 111 cm³/mol. The van der Waals surface area contributed by atoms with Gasteiger partial charge < -0.3 is 15.6 Å². The van der Waals surface area contributed by atoms with Gasteiger partial charge in [-0.3, -0.25) is 14.6 Å². The predicted octanol–water partition coefficient (Wildman–Crippen LogP) is 2.15. The molecule has 29 heavy (non-hydrogen) atoms. The minimum atomic E-state index is -0.697. The van der Waals surface area contributed by atoms with E-state index < -0.39 is 11.9 Å². The van der Waals surface area contributed by atoms with Gasteiger partial charge in [-0.1, -0.05) is 30.3 Å². The van der Waals surface area contributed by atoms with E-state index in [-0.39, 0.29) is 18.0 Å². The van der Waals surface area contributed by atoms with Crippen LogP contribution < -0.4 is 16.1 Å². The Bertz CT molecular complexity index is 1090. The van der Waals surface area contributed by atoms with Crippen molar-refractivity contribution in [2.45, 2.75) is 12.5 Å². The number of aromatic nitrogens is 2. The molecule has 3 N–H and O–H groups in total. The van der Waals surface area contributed by atoms with Gasteiger partial charge in [0.15, 0.2) is 0 Å². The Hall–Kier alpha value is -3.94. The molecule has 1 aromatic heterocycles. The third kappa shape index (κ3) is 3.73. The van der Waals surface area contributed by atoms with E-state index in [1.807, 2.05) is 66.3 Å². The highest BCUT2D eigenvalue weighted by molar-refractivity contribution is 6.44. The second-order valence-corrected chi connectivity index (χ2v) is 6.75. The van der Waals surface area contributed by atoms with E-state index >= 15 is 0 Å². The number of hydrogen-bond acceptors (Lipinski definition) is 5. The summed E-state index contributed by atoms with van der Waals surface area (Å²) in [6.45, 7) is 0. The van der Waals surface area contributed by atoms with Crippen molar-refractivity contribution in [2.24, 2.45) is 17.9 Å². The molecule has 4 rings (SSSR count). The minimum absolute atomic E-state index is 0.148. The molecule has 0 fully saturated rings. The first-order chi connectivity index (χ1) is 14.0. The van der Waals surface area contributed by atoms with Crippen molar-refractivity contribution in [3.05, 3.63) is 67.0 Å². The van der Waals surface area contributed by atoms with Crippen LogP contribution in [0.4, 0.5) is 11.4 Å². The highest BCUT2D eigenvalue weighted by atomic mass is 16.2. The summed E-state index contributed by atoms with van der Waals surface area (Å²) in [6.07, 6.45) is 3.72. The zero-order chi connectivity index (χ0) is 20.4. The molecule has 0 unspecified atom stereocenters. The molecule has 0 saturated heterocycles. The summed E-state index contributed by atoms with van der Waals surface area (Å²) in [4.78, 5) is 29.0. The van der Waals surface area contributed by atoms with E-state index in [2.05, 4.69) is 15.4 Å². The van der Waals surface area contributed by atoms with E-state index in [0.717, 1.165) is 11.4 Å². The number of hydrazone groups is 1. The number of hydrogen-bond donors (Lipinski definition) is 2. The average molecular weight is 388 g/mol. The fourth-order valence-corrected chi connectivity index (χ4v) is 3.27. The molecule has 1 atom stereocenters. The van der Waals surface area contributed by atoms with Gasteiger partial charge in [0.1, 0.15) is 17.6 Å². The Kier molecular flexibility index (Phi) is 4.82. The van der Waals surface area contributed by atoms with E-state index in [0.29, 0.717) is 11.4 Å². The van der Waals surface area contributed by atoms with Crippen LogP contribution in [-0.4, -0.2) is 33.1 Å². The molecule has 2 amide bonds. The maximum atomic E-state index is 12.8. The zero-order valence-electron chi connectivity index (χ0n) is 15.8. The zero-order valence-corrected chi connectivity index (χ0v) is 15.8. The molecule has 0 radical (unpaired) electrons. The maximum absolute atomic E-state index is 12.8. The SMILES string of the molecule is Cn1ccnc1-c1cccc(NC(=O)C2=NN(c3ccccc3)[C@@H](C(N)=O)C2)c1. The van der Waals surface area contributed by atoms with Gasteiger partial charge >= 0.3 is 0 Å². The van der Waals surface area contributed by atoms with Gasteiger partial charge in [0.2, 0.25) is 5.91 Å². The monoisotopic (exact) mass is 388 g/mol. The molecule has 1 aliphatic rings. The number of anilines is 2. The summed E-state index contributed by atoms with van der Waals surface area (Å²) in [5.41, 5.74) is 7.99. The number of carbonyl (C=O) groups excluding carboxylic acids is 2. The van der Waals surface area contributed by atoms with Gasteiger partial charge in [-0.05, 0) is 24.3 Å². The largest absolute Gasteiger partial charge is 0.368 e. The lowest BCUT2D eigenvalue weighted by Gasteiger charge is -2.20. The topological polar surface area (TPSA) is 106 Å². The van der Waals surface area contributed by atoms with Crippen LogP contribution in [0.3, 0.4) is 0 Å². The quantitative estimate of drug-likeness (QED) is 0.698. The number of imidazole rings is 1. The van der Waals surface area contributed by atoms with Gasteiger partial charge in [-0.25, -0.2) is 4.98 Å². The minimum Gasteiger partial charge on any atom is -0.368 e. The van der Waals surface area contributed by atoms with Gasteiger partial charge in [0.25, 0.3) is 5.91 Å². The highest BCUT2D eigenvalue weighted by Gasteiger charge is 2.34. The summed E-state index contributed by atoms with van der Waals surface area (Å²) in [7, 11) is 1.91. The number of aryl methyl sites for hydroxylation is 1. The van der Waals surface area contributed by atoms with Crippen molar-refractivity contribution >= 4 is 28.9 Å². The van der Waals surface area contributed by atoms with Gasteiger partial charge in [0, 0.05) is 37.1 Å². The molecular formula is C21H20N6O2. The van der Waals surface area contributed by atoms with E-state index in [4.69, 9.17) is 5.73 Å². The number of primary amides is 1. The molecule has 0 saturated carbocycles. The number of benzene rings is 2. The number of nitrogens with zero attached hydrogens (tertiary/aromatic N) is 4. The molecule has 8 heteroatoms. The smallest absolute Gasteiger partial charge is 0.271 e. The fourth-order valence-electron chi connectivity index (χ4n) is 3.27. The van der Waals surface area contributed by atoms with Crippen molar-refractivity contribution in [2.75, 3.05) is 10.3 Å². The molecule has 0 spiro atoms. The number of nitrogens with two attached hydrogens (primary N) is 1. The molecule has 8 nitrogen and oxygen atoms in total. The first kappa shape index (κ1) is 18.4. The van der Waals surface area contributed by atoms with Crippen molar-refractivity contribution in [1.82, 2.24) is 9.55 Å². The normalized spacial score (nSPS) is 15.8. The first-order valence-electron chi connectivity index (χ1n) is 9.13. The maximum Gasteiger partial charge on any atom is 0.271 e. The van der Waals surface area contributed by atoms with Crippen molar-refractivity contribution < 1.29 is 9.59 Å². The summed E-state index contributed by atoms with van der Waals surface area (Å²) >= 11 is 0. The third-order valence-electron chi connectivity index (χ3n) is 4.72. The molecule has 2 aromatic carbocycles. The molecule has 0 aliphatic carbocycles. The number of carbonyl (C=O) groups is 2. The van der Waals surface area contributed by atoms with Crippen LogP contribution in [-0.2, 0) is 16.6 Å². The fraction of sp³-hybridized carbons (Fsp3) is 0.143. The lowest BCUT2D eigenvalue weighted by atomic mass is 10.1. The summed E-state index contributed by atoms with van der Waals surface area (Å²) in [5, 5.41) is 8.72. The average Bonchev–Trinajstić information content (AvgIpc) is 3.35. The van der Waals surface area contributed by atoms with Crippen LogP contribution in [0.1, 0.15) is 6.42 Å². The summed E-state index contributed by atoms with van der Waals surface area (Å²) < 4.78 is 1.90. The van der Waals surface area contributed by atoms with Crippen LogP contribution in [0.5, 0.6) is 0 Å². The second kappa shape index (κ2) is 7.59. The van der Waals surface area contributed by atoms with Gasteiger partial charge in [-0.15, -0.1) is 0 Å². The Balaban J connectivity index is 1.56. The number of amides is 2. The molecule has 1 aliphatic heterocycles. The Morgan fingerprint density at radius 2 is 1.93 bits per heavy atom. The van der Waals surface area contributed by atoms with E-state index in [9.17, 15) is 9.59 Å². The van der Waals surface area contributed by atoms with Gasteiger partial charge in [0.05, 0.1) is 5.69 Å². The Morgan fingerprint density at radius 1 is 1.14 bits per heavy atom.